The molecule has 0 unspecified atom stereocenters. The van der Waals surface area contributed by atoms with Gasteiger partial charge in [0, 0.05) is 6.54 Å². The standard InChI is InChI=1S/C25H31N7O3/c1-4-19-23-30-29-15(2)32(23)20-13-26-25(27-18-11-10-17(24(33)34)12-21(18)35-3)28-22(20)31(19)14-16-8-6-5-7-9-16/h10-13,16,19H,4-9,14H2,1-3H3,(H,33,34)(H,26,27,28)/t19-/m0/s1. The monoisotopic (exact) mass is 477 g/mol. The molecule has 184 valence electrons. The Labute approximate surface area is 204 Å². The number of carbonyl (C=O) groups is 1. The maximum absolute atomic E-state index is 11.3. The summed E-state index contributed by atoms with van der Waals surface area (Å²) in [4.78, 5) is 23.3. The Hall–Kier alpha value is -3.69. The van der Waals surface area contributed by atoms with E-state index in [0.717, 1.165) is 36.1 Å². The van der Waals surface area contributed by atoms with E-state index in [9.17, 15) is 9.90 Å². The van der Waals surface area contributed by atoms with Crippen molar-refractivity contribution >= 4 is 23.4 Å². The van der Waals surface area contributed by atoms with Gasteiger partial charge in [-0.05, 0) is 50.3 Å². The minimum atomic E-state index is -1.01. The Balaban J connectivity index is 1.54. The number of rotatable bonds is 7. The molecule has 2 N–H and O–H groups in total. The highest BCUT2D eigenvalue weighted by atomic mass is 16.5. The fourth-order valence-electron chi connectivity index (χ4n) is 5.29. The lowest BCUT2D eigenvalue weighted by Crippen LogP contribution is -2.39. The minimum absolute atomic E-state index is 0.0813. The molecule has 3 aromatic rings. The Morgan fingerprint density at radius 1 is 1.23 bits per heavy atom. The number of carboxylic acid groups (broad SMARTS) is 1. The lowest BCUT2D eigenvalue weighted by Gasteiger charge is -2.39. The van der Waals surface area contributed by atoms with Gasteiger partial charge >= 0.3 is 5.97 Å². The van der Waals surface area contributed by atoms with Crippen LogP contribution >= 0.6 is 0 Å². The van der Waals surface area contributed by atoms with Crippen molar-refractivity contribution in [3.05, 3.63) is 41.6 Å². The molecule has 0 amide bonds. The van der Waals surface area contributed by atoms with E-state index < -0.39 is 5.97 Å². The molecule has 1 fully saturated rings. The van der Waals surface area contributed by atoms with E-state index in [4.69, 9.17) is 9.72 Å². The van der Waals surface area contributed by atoms with E-state index in [0.29, 0.717) is 23.3 Å². The van der Waals surface area contributed by atoms with Crippen LogP contribution in [0.4, 0.5) is 17.5 Å². The van der Waals surface area contributed by atoms with Crippen LogP contribution in [0.1, 0.15) is 73.5 Å². The van der Waals surface area contributed by atoms with Crippen molar-refractivity contribution < 1.29 is 14.6 Å². The minimum Gasteiger partial charge on any atom is -0.495 e. The first-order valence-electron chi connectivity index (χ1n) is 12.2. The Morgan fingerprint density at radius 3 is 2.74 bits per heavy atom. The van der Waals surface area contributed by atoms with Gasteiger partial charge in [-0.2, -0.15) is 4.98 Å². The summed E-state index contributed by atoms with van der Waals surface area (Å²) in [5.41, 5.74) is 1.63. The number of carboxylic acids is 1. The zero-order valence-electron chi connectivity index (χ0n) is 20.4. The van der Waals surface area contributed by atoms with Gasteiger partial charge < -0.3 is 20.1 Å². The first kappa shape index (κ1) is 23.1. The van der Waals surface area contributed by atoms with Gasteiger partial charge in [-0.25, -0.2) is 9.78 Å². The van der Waals surface area contributed by atoms with Crippen molar-refractivity contribution in [1.82, 2.24) is 24.7 Å². The topological polar surface area (TPSA) is 118 Å². The predicted molar refractivity (Wildman–Crippen MR) is 132 cm³/mol. The average Bonchev–Trinajstić information content (AvgIpc) is 3.26. The molecule has 10 nitrogen and oxygen atoms in total. The number of aromatic carboxylic acids is 1. The fraction of sp³-hybridized carbons (Fsp3) is 0.480. The normalized spacial score (nSPS) is 17.6. The summed E-state index contributed by atoms with van der Waals surface area (Å²) in [6.07, 6.45) is 9.04. The van der Waals surface area contributed by atoms with Crippen LogP contribution < -0.4 is 15.0 Å². The van der Waals surface area contributed by atoms with Gasteiger partial charge in [0.2, 0.25) is 5.95 Å². The number of nitrogens with one attached hydrogen (secondary N) is 1. The van der Waals surface area contributed by atoms with Gasteiger partial charge in [-0.15, -0.1) is 10.2 Å². The van der Waals surface area contributed by atoms with Crippen molar-refractivity contribution in [2.24, 2.45) is 5.92 Å². The van der Waals surface area contributed by atoms with Crippen LogP contribution in [0.2, 0.25) is 0 Å². The van der Waals surface area contributed by atoms with Crippen LogP contribution in [0.25, 0.3) is 5.69 Å². The number of aryl methyl sites for hydroxylation is 1. The molecule has 0 bridgehead atoms. The molecule has 35 heavy (non-hydrogen) atoms. The molecule has 5 rings (SSSR count). The highest BCUT2D eigenvalue weighted by Gasteiger charge is 2.36. The van der Waals surface area contributed by atoms with E-state index in [1.807, 2.05) is 13.1 Å². The molecule has 1 aromatic carbocycles. The average molecular weight is 478 g/mol. The number of hydrogen-bond acceptors (Lipinski definition) is 8. The van der Waals surface area contributed by atoms with Crippen LogP contribution in [0, 0.1) is 12.8 Å². The van der Waals surface area contributed by atoms with Crippen LogP contribution in [0.15, 0.2) is 24.4 Å². The molecule has 1 saturated carbocycles. The first-order valence-corrected chi connectivity index (χ1v) is 12.2. The smallest absolute Gasteiger partial charge is 0.335 e. The van der Waals surface area contributed by atoms with Gasteiger partial charge in [-0.3, -0.25) is 4.57 Å². The summed E-state index contributed by atoms with van der Waals surface area (Å²) < 4.78 is 7.48. The van der Waals surface area contributed by atoms with E-state index in [1.54, 1.807) is 6.07 Å². The van der Waals surface area contributed by atoms with E-state index in [-0.39, 0.29) is 11.6 Å². The number of benzene rings is 1. The summed E-state index contributed by atoms with van der Waals surface area (Å²) in [5, 5.41) is 21.4. The van der Waals surface area contributed by atoms with Crippen LogP contribution in [-0.4, -0.2) is 49.5 Å². The second-order valence-corrected chi connectivity index (χ2v) is 9.27. The molecular weight excluding hydrogens is 446 g/mol. The number of anilines is 3. The number of nitrogens with zero attached hydrogens (tertiary/aromatic N) is 6. The second-order valence-electron chi connectivity index (χ2n) is 9.27. The van der Waals surface area contributed by atoms with Crippen LogP contribution in [-0.2, 0) is 0 Å². The summed E-state index contributed by atoms with van der Waals surface area (Å²) in [6.45, 7) is 5.04. The van der Waals surface area contributed by atoms with Gasteiger partial charge in [0.05, 0.1) is 30.6 Å². The SMILES string of the molecule is CC[C@H]1c2nnc(C)n2-c2cnc(Nc3ccc(C(=O)O)cc3OC)nc2N1CC1CCCCC1. The number of fused-ring (bicyclic) bond motifs is 3. The first-order chi connectivity index (χ1) is 17.0. The number of methoxy groups -OCH3 is 1. The van der Waals surface area contributed by atoms with Gasteiger partial charge in [0.1, 0.15) is 17.3 Å². The molecule has 10 heteroatoms. The summed E-state index contributed by atoms with van der Waals surface area (Å²) in [7, 11) is 1.51. The van der Waals surface area contributed by atoms with Crippen molar-refractivity contribution in [1.29, 1.82) is 0 Å². The predicted octanol–water partition coefficient (Wildman–Crippen LogP) is 4.67. The largest absolute Gasteiger partial charge is 0.495 e. The van der Waals surface area contributed by atoms with Gasteiger partial charge in [0.15, 0.2) is 11.6 Å². The zero-order chi connectivity index (χ0) is 24.5. The molecule has 2 aromatic heterocycles. The third-order valence-corrected chi connectivity index (χ3v) is 7.05. The summed E-state index contributed by atoms with van der Waals surface area (Å²) in [6, 6.07) is 4.76. The van der Waals surface area contributed by atoms with E-state index in [2.05, 4.69) is 36.9 Å². The second kappa shape index (κ2) is 9.52. The van der Waals surface area contributed by atoms with Gasteiger partial charge in [-0.1, -0.05) is 26.2 Å². The van der Waals surface area contributed by atoms with Gasteiger partial charge in [0.25, 0.3) is 0 Å². The zero-order valence-corrected chi connectivity index (χ0v) is 20.4. The summed E-state index contributed by atoms with van der Waals surface area (Å²) >= 11 is 0. The van der Waals surface area contributed by atoms with Crippen LogP contribution in [0.3, 0.4) is 0 Å². The third-order valence-electron chi connectivity index (χ3n) is 7.05. The molecule has 2 aliphatic rings. The number of ether oxygens (including phenoxy) is 1. The Morgan fingerprint density at radius 2 is 2.03 bits per heavy atom. The lowest BCUT2D eigenvalue weighted by molar-refractivity contribution is 0.0696. The van der Waals surface area contributed by atoms with E-state index >= 15 is 0 Å². The highest BCUT2D eigenvalue weighted by molar-refractivity contribution is 5.89. The van der Waals surface area contributed by atoms with Crippen LogP contribution in [0.5, 0.6) is 5.75 Å². The molecule has 1 aliphatic heterocycles. The molecule has 0 saturated heterocycles. The maximum atomic E-state index is 11.3. The third kappa shape index (κ3) is 4.28. The molecule has 0 radical (unpaired) electrons. The number of hydrogen-bond donors (Lipinski definition) is 2. The molecule has 1 aliphatic carbocycles. The van der Waals surface area contributed by atoms with Crippen molar-refractivity contribution in [3.63, 3.8) is 0 Å². The molecule has 0 spiro atoms. The fourth-order valence-corrected chi connectivity index (χ4v) is 5.29. The molecular formula is C25H31N7O3. The quantitative estimate of drug-likeness (QED) is 0.500. The number of aromatic nitrogens is 5. The van der Waals surface area contributed by atoms with Crippen molar-refractivity contribution in [2.75, 3.05) is 23.9 Å². The molecule has 1 atom stereocenters. The Bertz CT molecular complexity index is 1240. The maximum Gasteiger partial charge on any atom is 0.335 e. The highest BCUT2D eigenvalue weighted by Crippen LogP contribution is 2.41. The summed E-state index contributed by atoms with van der Waals surface area (Å²) in [5.74, 6) is 3.05. The van der Waals surface area contributed by atoms with Crippen molar-refractivity contribution in [3.8, 4) is 11.4 Å². The Kier molecular flexibility index (Phi) is 6.27. The van der Waals surface area contributed by atoms with E-state index in [1.165, 1.54) is 51.3 Å². The molecule has 3 heterocycles. The van der Waals surface area contributed by atoms with Crippen molar-refractivity contribution in [2.45, 2.75) is 58.4 Å². The lowest BCUT2D eigenvalue weighted by atomic mass is 9.88.